The molecule has 0 amide bonds. The first kappa shape index (κ1) is 10.2. The molecule has 6 heteroatoms. The van der Waals surface area contributed by atoms with Gasteiger partial charge in [-0.15, -0.1) is 5.10 Å². The molecule has 0 bridgehead atoms. The molecule has 0 saturated carbocycles. The van der Waals surface area contributed by atoms with E-state index in [1.165, 1.54) is 0 Å². The van der Waals surface area contributed by atoms with Crippen molar-refractivity contribution in [1.82, 2.24) is 14.8 Å². The maximum Gasteiger partial charge on any atom is 0.315 e. The fourth-order valence-electron chi connectivity index (χ4n) is 0.922. The summed E-state index contributed by atoms with van der Waals surface area (Å²) in [6, 6.07) is 0.518. The molecule has 1 rings (SSSR count). The third-order valence-corrected chi connectivity index (χ3v) is 1.83. The molecule has 74 valence electrons. The number of ether oxygens (including phenoxy) is 2. The Morgan fingerprint density at radius 2 is 2.38 bits per heavy atom. The van der Waals surface area contributed by atoms with Gasteiger partial charge in [0.15, 0.2) is 4.77 Å². The van der Waals surface area contributed by atoms with Crippen LogP contribution >= 0.6 is 12.2 Å². The molecular weight excluding hydrogens is 190 g/mol. The van der Waals surface area contributed by atoms with Gasteiger partial charge in [-0.1, -0.05) is 0 Å². The Morgan fingerprint density at radius 1 is 1.62 bits per heavy atom. The quantitative estimate of drug-likeness (QED) is 0.725. The van der Waals surface area contributed by atoms with Crippen molar-refractivity contribution < 1.29 is 9.47 Å². The summed E-state index contributed by atoms with van der Waals surface area (Å²) < 4.78 is 12.5. The molecule has 1 heterocycles. The molecule has 0 aromatic carbocycles. The average molecular weight is 203 g/mol. The van der Waals surface area contributed by atoms with Crippen LogP contribution in [-0.4, -0.2) is 35.1 Å². The van der Waals surface area contributed by atoms with Crippen LogP contribution in [0.1, 0.15) is 6.92 Å². The van der Waals surface area contributed by atoms with Crippen molar-refractivity contribution >= 4 is 12.2 Å². The maximum absolute atomic E-state index is 5.25. The minimum absolute atomic E-state index is 0.518. The Labute approximate surface area is 81.7 Å². The topological polar surface area (TPSA) is 52.1 Å². The van der Waals surface area contributed by atoms with E-state index in [-0.39, 0.29) is 0 Å². The number of methoxy groups -OCH3 is 1. The second kappa shape index (κ2) is 4.98. The van der Waals surface area contributed by atoms with E-state index in [2.05, 4.69) is 10.2 Å². The van der Waals surface area contributed by atoms with Gasteiger partial charge in [0, 0.05) is 7.11 Å². The smallest absolute Gasteiger partial charge is 0.315 e. The van der Waals surface area contributed by atoms with Crippen molar-refractivity contribution in [2.24, 2.45) is 0 Å². The van der Waals surface area contributed by atoms with Crippen molar-refractivity contribution in [3.8, 4) is 6.01 Å². The minimum Gasteiger partial charge on any atom is -0.464 e. The Kier molecular flexibility index (Phi) is 3.91. The van der Waals surface area contributed by atoms with Crippen LogP contribution in [0.4, 0.5) is 0 Å². The van der Waals surface area contributed by atoms with Crippen LogP contribution in [0.5, 0.6) is 6.01 Å². The van der Waals surface area contributed by atoms with Crippen LogP contribution in [0.25, 0.3) is 0 Å². The summed E-state index contributed by atoms with van der Waals surface area (Å²) in [6.45, 7) is 3.72. The predicted octanol–water partition coefficient (Wildman–Crippen LogP) is 0.986. The van der Waals surface area contributed by atoms with Crippen LogP contribution in [-0.2, 0) is 11.3 Å². The second-order valence-corrected chi connectivity index (χ2v) is 2.78. The van der Waals surface area contributed by atoms with Crippen LogP contribution < -0.4 is 4.74 Å². The molecule has 13 heavy (non-hydrogen) atoms. The number of nitrogens with one attached hydrogen (secondary N) is 1. The predicted molar refractivity (Wildman–Crippen MR) is 50.5 cm³/mol. The van der Waals surface area contributed by atoms with Crippen LogP contribution in [0.3, 0.4) is 0 Å². The summed E-state index contributed by atoms with van der Waals surface area (Å²) in [5, 5.41) is 6.59. The van der Waals surface area contributed by atoms with Gasteiger partial charge in [-0.3, -0.25) is 4.57 Å². The molecule has 5 nitrogen and oxygen atoms in total. The van der Waals surface area contributed by atoms with Crippen LogP contribution in [0, 0.1) is 4.77 Å². The zero-order valence-electron chi connectivity index (χ0n) is 7.74. The number of aromatic amines is 1. The fourth-order valence-corrected chi connectivity index (χ4v) is 1.14. The summed E-state index contributed by atoms with van der Waals surface area (Å²) in [7, 11) is 1.64. The number of nitrogens with zero attached hydrogens (tertiary/aromatic N) is 2. The Hall–Kier alpha value is -0.880. The molecular formula is C7H13N3O2S. The van der Waals surface area contributed by atoms with E-state index in [4.69, 9.17) is 21.7 Å². The second-order valence-electron chi connectivity index (χ2n) is 2.39. The van der Waals surface area contributed by atoms with Crippen molar-refractivity contribution in [2.75, 3.05) is 20.3 Å². The monoisotopic (exact) mass is 203 g/mol. The van der Waals surface area contributed by atoms with Crippen molar-refractivity contribution in [3.05, 3.63) is 4.77 Å². The van der Waals surface area contributed by atoms with Gasteiger partial charge < -0.3 is 9.47 Å². The van der Waals surface area contributed by atoms with E-state index >= 15 is 0 Å². The lowest BCUT2D eigenvalue weighted by Gasteiger charge is -2.04. The lowest BCUT2D eigenvalue weighted by Crippen LogP contribution is -2.07. The summed E-state index contributed by atoms with van der Waals surface area (Å²) in [5.74, 6) is 0. The molecule has 0 unspecified atom stereocenters. The molecule has 0 atom stereocenters. The van der Waals surface area contributed by atoms with E-state index in [1.54, 1.807) is 11.7 Å². The molecule has 0 aliphatic carbocycles. The Balaban J connectivity index is 2.75. The molecule has 0 aliphatic heterocycles. The van der Waals surface area contributed by atoms with Gasteiger partial charge in [-0.25, -0.2) is 5.10 Å². The van der Waals surface area contributed by atoms with E-state index in [0.29, 0.717) is 30.5 Å². The number of aromatic nitrogens is 3. The van der Waals surface area contributed by atoms with Gasteiger partial charge in [0.25, 0.3) is 0 Å². The molecule has 1 N–H and O–H groups in total. The first-order valence-corrected chi connectivity index (χ1v) is 4.47. The first-order chi connectivity index (χ1) is 6.29. The summed E-state index contributed by atoms with van der Waals surface area (Å²) in [6.07, 6.45) is 0. The highest BCUT2D eigenvalue weighted by Crippen LogP contribution is 2.06. The standard InChI is InChI=1S/C7H13N3O2S/c1-3-12-6-8-9-7(13)10(6)4-5-11-2/h3-5H2,1-2H3,(H,9,13). The van der Waals surface area contributed by atoms with E-state index in [0.717, 1.165) is 0 Å². The van der Waals surface area contributed by atoms with Crippen LogP contribution in [0.15, 0.2) is 0 Å². The number of H-pyrrole nitrogens is 1. The number of hydrogen-bond donors (Lipinski definition) is 1. The molecule has 1 aromatic rings. The van der Waals surface area contributed by atoms with Gasteiger partial charge in [0.2, 0.25) is 0 Å². The third-order valence-electron chi connectivity index (χ3n) is 1.52. The summed E-state index contributed by atoms with van der Waals surface area (Å²) >= 11 is 5.01. The van der Waals surface area contributed by atoms with Gasteiger partial charge in [-0.2, -0.15) is 0 Å². The van der Waals surface area contributed by atoms with Gasteiger partial charge >= 0.3 is 6.01 Å². The zero-order valence-corrected chi connectivity index (χ0v) is 8.56. The molecule has 0 fully saturated rings. The summed E-state index contributed by atoms with van der Waals surface area (Å²) in [5.41, 5.74) is 0. The molecule has 1 aromatic heterocycles. The normalized spacial score (nSPS) is 10.3. The molecule has 0 spiro atoms. The van der Waals surface area contributed by atoms with Crippen LogP contribution in [0.2, 0.25) is 0 Å². The SMILES string of the molecule is CCOc1n[nH]c(=S)n1CCOC. The molecule has 0 saturated heterocycles. The lowest BCUT2D eigenvalue weighted by atomic mass is 10.7. The Bertz CT molecular complexity index is 307. The summed E-state index contributed by atoms with van der Waals surface area (Å²) in [4.78, 5) is 0. The minimum atomic E-state index is 0.518. The largest absolute Gasteiger partial charge is 0.464 e. The lowest BCUT2D eigenvalue weighted by molar-refractivity contribution is 0.180. The Morgan fingerprint density at radius 3 is 3.00 bits per heavy atom. The first-order valence-electron chi connectivity index (χ1n) is 4.06. The van der Waals surface area contributed by atoms with Gasteiger partial charge in [0.1, 0.15) is 0 Å². The third kappa shape index (κ3) is 2.53. The molecule has 0 radical (unpaired) electrons. The van der Waals surface area contributed by atoms with Gasteiger partial charge in [0.05, 0.1) is 19.8 Å². The molecule has 0 aliphatic rings. The highest BCUT2D eigenvalue weighted by Gasteiger charge is 2.05. The number of rotatable bonds is 5. The fraction of sp³-hybridized carbons (Fsp3) is 0.714. The van der Waals surface area contributed by atoms with E-state index < -0.39 is 0 Å². The highest BCUT2D eigenvalue weighted by molar-refractivity contribution is 7.71. The van der Waals surface area contributed by atoms with Crippen molar-refractivity contribution in [1.29, 1.82) is 0 Å². The van der Waals surface area contributed by atoms with E-state index in [9.17, 15) is 0 Å². The zero-order chi connectivity index (χ0) is 9.68. The average Bonchev–Trinajstić information content (AvgIpc) is 2.45. The maximum atomic E-state index is 5.25. The van der Waals surface area contributed by atoms with E-state index in [1.807, 2.05) is 6.92 Å². The number of hydrogen-bond acceptors (Lipinski definition) is 4. The van der Waals surface area contributed by atoms with Crippen molar-refractivity contribution in [3.63, 3.8) is 0 Å². The van der Waals surface area contributed by atoms with Crippen molar-refractivity contribution in [2.45, 2.75) is 13.5 Å². The van der Waals surface area contributed by atoms with Gasteiger partial charge in [-0.05, 0) is 19.1 Å². The highest BCUT2D eigenvalue weighted by atomic mass is 32.1.